The molecule has 6 heteroatoms. The molecular weight excluding hydrogens is 406 g/mol. The average Bonchev–Trinajstić information content (AvgIpc) is 3.68. The summed E-state index contributed by atoms with van der Waals surface area (Å²) in [5, 5.41) is 0. The molecule has 0 aliphatic carbocycles. The fraction of sp³-hybridized carbons (Fsp3) is 0.231. The first kappa shape index (κ1) is 21.6. The fourth-order valence-corrected chi connectivity index (χ4v) is 3.40. The van der Waals surface area contributed by atoms with Crippen molar-refractivity contribution >= 4 is 12.1 Å². The molecule has 0 spiro atoms. The molecule has 0 bridgehead atoms. The number of ether oxygens (including phenoxy) is 3. The Labute approximate surface area is 187 Å². The average molecular weight is 431 g/mol. The molecule has 32 heavy (non-hydrogen) atoms. The Balaban J connectivity index is 1.50. The lowest BCUT2D eigenvalue weighted by molar-refractivity contribution is -0.151. The van der Waals surface area contributed by atoms with Gasteiger partial charge in [-0.3, -0.25) is 4.90 Å². The number of hydrogen-bond acceptors (Lipinski definition) is 5. The van der Waals surface area contributed by atoms with Crippen molar-refractivity contribution in [1.82, 2.24) is 4.90 Å². The normalized spacial score (nSPS) is 15.4. The van der Waals surface area contributed by atoms with Crippen molar-refractivity contribution in [2.75, 3.05) is 6.61 Å². The van der Waals surface area contributed by atoms with Crippen LogP contribution in [0, 0.1) is 0 Å². The largest absolute Gasteiger partial charge is 0.459 e. The van der Waals surface area contributed by atoms with Gasteiger partial charge in [0.05, 0.1) is 6.61 Å². The molecule has 1 amide bonds. The second-order valence-electron chi connectivity index (χ2n) is 7.53. The topological polar surface area (TPSA) is 68.4 Å². The smallest absolute Gasteiger partial charge is 0.413 e. The SMILES string of the molecule is O=C(OCc1ccccc1)C(Cc1ccccc1)N(C(=O)OCc1ccccc1)C1CO1. The van der Waals surface area contributed by atoms with Gasteiger partial charge in [0.2, 0.25) is 0 Å². The second kappa shape index (κ2) is 10.6. The van der Waals surface area contributed by atoms with Crippen molar-refractivity contribution in [3.8, 4) is 0 Å². The lowest BCUT2D eigenvalue weighted by Crippen LogP contribution is -2.49. The zero-order chi connectivity index (χ0) is 22.2. The minimum Gasteiger partial charge on any atom is -0.459 e. The monoisotopic (exact) mass is 431 g/mol. The predicted octanol–water partition coefficient (Wildman–Crippen LogP) is 4.34. The van der Waals surface area contributed by atoms with Crippen LogP contribution in [-0.4, -0.2) is 35.8 Å². The van der Waals surface area contributed by atoms with Crippen LogP contribution in [-0.2, 0) is 38.6 Å². The maximum Gasteiger partial charge on any atom is 0.413 e. The van der Waals surface area contributed by atoms with Gasteiger partial charge in [-0.2, -0.15) is 0 Å². The zero-order valence-electron chi connectivity index (χ0n) is 17.6. The van der Waals surface area contributed by atoms with Crippen LogP contribution in [0.15, 0.2) is 91.0 Å². The van der Waals surface area contributed by atoms with Crippen LogP contribution in [0.2, 0.25) is 0 Å². The summed E-state index contributed by atoms with van der Waals surface area (Å²) in [6.07, 6.45) is -0.806. The van der Waals surface area contributed by atoms with Crippen LogP contribution in [0.25, 0.3) is 0 Å². The number of hydrogen-bond donors (Lipinski definition) is 0. The van der Waals surface area contributed by atoms with Gasteiger partial charge in [-0.25, -0.2) is 9.59 Å². The van der Waals surface area contributed by atoms with Crippen molar-refractivity contribution in [3.63, 3.8) is 0 Å². The molecule has 0 N–H and O–H groups in total. The Morgan fingerprint density at radius 2 is 1.25 bits per heavy atom. The molecule has 0 aromatic heterocycles. The van der Waals surface area contributed by atoms with Crippen LogP contribution < -0.4 is 0 Å². The summed E-state index contributed by atoms with van der Waals surface area (Å²) in [4.78, 5) is 27.5. The first-order valence-corrected chi connectivity index (χ1v) is 10.6. The molecule has 0 radical (unpaired) electrons. The lowest BCUT2D eigenvalue weighted by atomic mass is 10.0. The Morgan fingerprint density at radius 3 is 1.75 bits per heavy atom. The van der Waals surface area contributed by atoms with E-state index in [0.717, 1.165) is 16.7 Å². The Bertz CT molecular complexity index is 1010. The van der Waals surface area contributed by atoms with E-state index in [9.17, 15) is 9.59 Å². The lowest BCUT2D eigenvalue weighted by Gasteiger charge is -2.28. The predicted molar refractivity (Wildman–Crippen MR) is 118 cm³/mol. The first-order chi connectivity index (χ1) is 15.7. The number of rotatable bonds is 9. The number of benzene rings is 3. The summed E-state index contributed by atoms with van der Waals surface area (Å²) in [5.41, 5.74) is 2.65. The molecular formula is C26H25NO5. The molecule has 1 fully saturated rings. The Morgan fingerprint density at radius 1 is 0.781 bits per heavy atom. The maximum absolute atomic E-state index is 13.1. The molecule has 1 saturated heterocycles. The minimum absolute atomic E-state index is 0.111. The molecule has 4 rings (SSSR count). The van der Waals surface area contributed by atoms with E-state index in [-0.39, 0.29) is 13.2 Å². The summed E-state index contributed by atoms with van der Waals surface area (Å²) in [7, 11) is 0. The molecule has 0 saturated carbocycles. The van der Waals surface area contributed by atoms with Gasteiger partial charge >= 0.3 is 12.1 Å². The minimum atomic E-state index is -0.864. The first-order valence-electron chi connectivity index (χ1n) is 10.6. The molecule has 1 aliphatic rings. The third kappa shape index (κ3) is 5.95. The fourth-order valence-electron chi connectivity index (χ4n) is 3.40. The van der Waals surface area contributed by atoms with E-state index < -0.39 is 24.3 Å². The zero-order valence-corrected chi connectivity index (χ0v) is 17.6. The van der Waals surface area contributed by atoms with Gasteiger partial charge in [0.15, 0.2) is 6.23 Å². The van der Waals surface area contributed by atoms with Crippen molar-refractivity contribution < 1.29 is 23.8 Å². The Kier molecular flexibility index (Phi) is 7.15. The van der Waals surface area contributed by atoms with E-state index in [2.05, 4.69) is 0 Å². The summed E-state index contributed by atoms with van der Waals surface area (Å²) in [6.45, 7) is 0.598. The highest BCUT2D eigenvalue weighted by molar-refractivity contribution is 5.82. The van der Waals surface area contributed by atoms with Crippen molar-refractivity contribution in [3.05, 3.63) is 108 Å². The number of carbonyl (C=O) groups excluding carboxylic acids is 2. The van der Waals surface area contributed by atoms with E-state index >= 15 is 0 Å². The molecule has 164 valence electrons. The van der Waals surface area contributed by atoms with Gasteiger partial charge in [0.25, 0.3) is 0 Å². The van der Waals surface area contributed by atoms with Gasteiger partial charge < -0.3 is 14.2 Å². The summed E-state index contributed by atoms with van der Waals surface area (Å²) in [6, 6.07) is 27.5. The van der Waals surface area contributed by atoms with Crippen LogP contribution >= 0.6 is 0 Å². The van der Waals surface area contributed by atoms with E-state index in [1.54, 1.807) is 0 Å². The van der Waals surface area contributed by atoms with Crippen LogP contribution in [0.3, 0.4) is 0 Å². The number of epoxide rings is 1. The van der Waals surface area contributed by atoms with E-state index in [4.69, 9.17) is 14.2 Å². The quantitative estimate of drug-likeness (QED) is 0.373. The molecule has 2 unspecified atom stereocenters. The Hall–Kier alpha value is -3.64. The van der Waals surface area contributed by atoms with Gasteiger partial charge in [-0.15, -0.1) is 0 Å². The van der Waals surface area contributed by atoms with Crippen LogP contribution in [0.4, 0.5) is 4.79 Å². The molecule has 2 atom stereocenters. The highest BCUT2D eigenvalue weighted by Gasteiger charge is 2.43. The van der Waals surface area contributed by atoms with Crippen LogP contribution in [0.5, 0.6) is 0 Å². The van der Waals surface area contributed by atoms with E-state index in [1.807, 2.05) is 91.0 Å². The number of amides is 1. The molecule has 3 aromatic carbocycles. The third-order valence-electron chi connectivity index (χ3n) is 5.15. The van der Waals surface area contributed by atoms with Gasteiger partial charge in [-0.1, -0.05) is 91.0 Å². The van der Waals surface area contributed by atoms with E-state index in [0.29, 0.717) is 13.0 Å². The van der Waals surface area contributed by atoms with Gasteiger partial charge in [0.1, 0.15) is 19.3 Å². The van der Waals surface area contributed by atoms with Gasteiger partial charge in [0, 0.05) is 6.42 Å². The number of carbonyl (C=O) groups is 2. The summed E-state index contributed by atoms with van der Waals surface area (Å²) >= 11 is 0. The number of nitrogens with zero attached hydrogens (tertiary/aromatic N) is 1. The van der Waals surface area contributed by atoms with Crippen LogP contribution in [0.1, 0.15) is 16.7 Å². The second-order valence-corrected chi connectivity index (χ2v) is 7.53. The molecule has 1 heterocycles. The van der Waals surface area contributed by atoms with Gasteiger partial charge in [-0.05, 0) is 16.7 Å². The van der Waals surface area contributed by atoms with Crippen molar-refractivity contribution in [1.29, 1.82) is 0 Å². The molecule has 3 aromatic rings. The summed E-state index contributed by atoms with van der Waals surface area (Å²) < 4.78 is 16.5. The number of esters is 1. The maximum atomic E-state index is 13.1. The van der Waals surface area contributed by atoms with Crippen molar-refractivity contribution in [2.24, 2.45) is 0 Å². The third-order valence-corrected chi connectivity index (χ3v) is 5.15. The van der Waals surface area contributed by atoms with Crippen molar-refractivity contribution in [2.45, 2.75) is 31.9 Å². The molecule has 1 aliphatic heterocycles. The highest BCUT2D eigenvalue weighted by atomic mass is 16.6. The molecule has 6 nitrogen and oxygen atoms in total. The van der Waals surface area contributed by atoms with E-state index in [1.165, 1.54) is 4.90 Å². The summed E-state index contributed by atoms with van der Waals surface area (Å²) in [5.74, 6) is -0.495. The standard InChI is InChI=1S/C26H25NO5/c28-25(31-17-21-12-6-2-7-13-21)23(16-20-10-4-1-5-11-20)27(24-19-30-24)26(29)32-18-22-14-8-3-9-15-22/h1-15,23-24H,16-19H2. The highest BCUT2D eigenvalue weighted by Crippen LogP contribution is 2.24.